The van der Waals surface area contributed by atoms with E-state index in [0.717, 1.165) is 25.2 Å². The summed E-state index contributed by atoms with van der Waals surface area (Å²) in [5.41, 5.74) is 2.68. The number of nitrogens with one attached hydrogen (secondary N) is 4. The number of hydrogen-bond donors (Lipinski definition) is 4. The summed E-state index contributed by atoms with van der Waals surface area (Å²) < 4.78 is 0. The van der Waals surface area contributed by atoms with Crippen LogP contribution in [-0.2, 0) is 4.79 Å². The van der Waals surface area contributed by atoms with Gasteiger partial charge >= 0.3 is 6.03 Å². The molecule has 4 amide bonds. The fraction of sp³-hybridized carbons (Fsp3) is 0.423. The number of carbonyl (C=O) groups excluding carboxylic acids is 3. The highest BCUT2D eigenvalue weighted by molar-refractivity contribution is 6.02. The molecule has 1 aliphatic rings. The number of carbonyl (C=O) groups is 3. The summed E-state index contributed by atoms with van der Waals surface area (Å²) in [6.45, 7) is 7.76. The Kier molecular flexibility index (Phi) is 8.90. The Morgan fingerprint density at radius 2 is 1.59 bits per heavy atom. The number of rotatable bonds is 9. The molecule has 2 aromatic rings. The number of urea groups is 1. The molecule has 1 unspecified atom stereocenters. The van der Waals surface area contributed by atoms with Gasteiger partial charge in [0, 0.05) is 41.8 Å². The molecule has 2 aromatic carbocycles. The minimum atomic E-state index is -0.672. The van der Waals surface area contributed by atoms with Crippen LogP contribution in [0.15, 0.2) is 48.5 Å². The van der Waals surface area contributed by atoms with Crippen LogP contribution in [0.5, 0.6) is 0 Å². The molecular formula is C26H35N5O3. The maximum Gasteiger partial charge on any atom is 0.319 e. The summed E-state index contributed by atoms with van der Waals surface area (Å²) >= 11 is 0. The highest BCUT2D eigenvalue weighted by atomic mass is 16.2. The summed E-state index contributed by atoms with van der Waals surface area (Å²) in [5.74, 6) is -0.619. The van der Waals surface area contributed by atoms with Gasteiger partial charge in [0.2, 0.25) is 5.91 Å². The normalized spacial score (nSPS) is 13.9. The predicted octanol–water partition coefficient (Wildman–Crippen LogP) is 4.35. The molecule has 1 saturated heterocycles. The van der Waals surface area contributed by atoms with Crippen molar-refractivity contribution in [2.45, 2.75) is 58.5 Å². The summed E-state index contributed by atoms with van der Waals surface area (Å²) in [5, 5.41) is 11.3. The number of nitrogens with zero attached hydrogens (tertiary/aromatic N) is 1. The zero-order chi connectivity index (χ0) is 24.5. The zero-order valence-corrected chi connectivity index (χ0v) is 20.2. The van der Waals surface area contributed by atoms with Crippen molar-refractivity contribution in [3.8, 4) is 0 Å². The first-order chi connectivity index (χ1) is 16.4. The third-order valence-electron chi connectivity index (χ3n) is 5.59. The van der Waals surface area contributed by atoms with Gasteiger partial charge in [-0.1, -0.05) is 25.5 Å². The molecule has 0 aromatic heterocycles. The molecule has 0 saturated carbocycles. The molecule has 34 heavy (non-hydrogen) atoms. The van der Waals surface area contributed by atoms with Gasteiger partial charge in [0.15, 0.2) is 0 Å². The fourth-order valence-corrected chi connectivity index (χ4v) is 3.95. The maximum atomic E-state index is 13.0. The van der Waals surface area contributed by atoms with Gasteiger partial charge in [0.1, 0.15) is 6.04 Å². The third-order valence-corrected chi connectivity index (χ3v) is 5.59. The number of anilines is 3. The van der Waals surface area contributed by atoms with Crippen LogP contribution in [0.2, 0.25) is 0 Å². The molecule has 0 aliphatic carbocycles. The minimum absolute atomic E-state index is 0.00385. The molecule has 4 N–H and O–H groups in total. The largest absolute Gasteiger partial charge is 0.371 e. The summed E-state index contributed by atoms with van der Waals surface area (Å²) in [4.78, 5) is 40.2. The monoisotopic (exact) mass is 465 g/mol. The van der Waals surface area contributed by atoms with Crippen molar-refractivity contribution in [3.05, 3.63) is 54.1 Å². The van der Waals surface area contributed by atoms with E-state index in [9.17, 15) is 14.4 Å². The fourth-order valence-electron chi connectivity index (χ4n) is 3.95. The third kappa shape index (κ3) is 7.23. The van der Waals surface area contributed by atoms with E-state index in [4.69, 9.17) is 0 Å². The molecular weight excluding hydrogens is 430 g/mol. The van der Waals surface area contributed by atoms with E-state index in [-0.39, 0.29) is 23.9 Å². The Morgan fingerprint density at radius 1 is 0.912 bits per heavy atom. The lowest BCUT2D eigenvalue weighted by atomic mass is 10.1. The van der Waals surface area contributed by atoms with Crippen LogP contribution in [0.3, 0.4) is 0 Å². The highest BCUT2D eigenvalue weighted by Gasteiger charge is 2.22. The standard InChI is InChI=1S/C26H35N5O3/c1-4-9-23(25(33)28-21-12-8-13-22(17-21)31-14-5-6-15-31)30-24(32)19-10-7-11-20(16-19)29-26(34)27-18(2)3/h7-8,10-13,16-18,23H,4-6,9,14-15H2,1-3H3,(H,28,33)(H,30,32)(H2,27,29,34). The van der Waals surface area contributed by atoms with Gasteiger partial charge in [-0.15, -0.1) is 0 Å². The first kappa shape index (κ1) is 25.1. The summed E-state index contributed by atoms with van der Waals surface area (Å²) in [6, 6.07) is 13.5. The van der Waals surface area contributed by atoms with Crippen molar-refractivity contribution in [3.63, 3.8) is 0 Å². The molecule has 3 rings (SSSR count). The van der Waals surface area contributed by atoms with E-state index in [1.165, 1.54) is 12.8 Å². The van der Waals surface area contributed by atoms with Crippen molar-refractivity contribution in [2.75, 3.05) is 28.6 Å². The van der Waals surface area contributed by atoms with Crippen molar-refractivity contribution in [1.29, 1.82) is 0 Å². The molecule has 1 heterocycles. The SMILES string of the molecule is CCCC(NC(=O)c1cccc(NC(=O)NC(C)C)c1)C(=O)Nc1cccc(N2CCCC2)c1. The van der Waals surface area contributed by atoms with E-state index in [1.807, 2.05) is 39.0 Å². The first-order valence-corrected chi connectivity index (χ1v) is 12.0. The van der Waals surface area contributed by atoms with Crippen LogP contribution in [0.25, 0.3) is 0 Å². The molecule has 1 fully saturated rings. The Balaban J connectivity index is 1.64. The van der Waals surface area contributed by atoms with Crippen LogP contribution in [-0.4, -0.2) is 43.0 Å². The van der Waals surface area contributed by atoms with Gasteiger partial charge < -0.3 is 26.2 Å². The highest BCUT2D eigenvalue weighted by Crippen LogP contribution is 2.23. The van der Waals surface area contributed by atoms with E-state index in [2.05, 4.69) is 32.2 Å². The number of amides is 4. The molecule has 0 bridgehead atoms. The van der Waals surface area contributed by atoms with Gasteiger partial charge in [-0.3, -0.25) is 9.59 Å². The van der Waals surface area contributed by atoms with Crippen molar-refractivity contribution in [2.24, 2.45) is 0 Å². The van der Waals surface area contributed by atoms with Gasteiger partial charge in [0.25, 0.3) is 5.91 Å². The van der Waals surface area contributed by atoms with Crippen LogP contribution in [0.4, 0.5) is 21.9 Å². The summed E-state index contributed by atoms with van der Waals surface area (Å²) in [7, 11) is 0. The van der Waals surface area contributed by atoms with Gasteiger partial charge in [-0.05, 0) is 69.5 Å². The van der Waals surface area contributed by atoms with E-state index < -0.39 is 6.04 Å². The second kappa shape index (κ2) is 12.1. The average molecular weight is 466 g/mol. The predicted molar refractivity (Wildman–Crippen MR) is 136 cm³/mol. The molecule has 0 spiro atoms. The van der Waals surface area contributed by atoms with Gasteiger partial charge in [-0.2, -0.15) is 0 Å². The molecule has 0 radical (unpaired) electrons. The number of hydrogen-bond acceptors (Lipinski definition) is 4. The van der Waals surface area contributed by atoms with Crippen LogP contribution in [0, 0.1) is 0 Å². The van der Waals surface area contributed by atoms with Gasteiger partial charge in [-0.25, -0.2) is 4.79 Å². The Morgan fingerprint density at radius 3 is 2.26 bits per heavy atom. The van der Waals surface area contributed by atoms with E-state index in [0.29, 0.717) is 23.4 Å². The molecule has 1 aliphatic heterocycles. The van der Waals surface area contributed by atoms with Crippen LogP contribution in [0.1, 0.15) is 56.8 Å². The quantitative estimate of drug-likeness (QED) is 0.442. The lowest BCUT2D eigenvalue weighted by molar-refractivity contribution is -0.118. The smallest absolute Gasteiger partial charge is 0.319 e. The van der Waals surface area contributed by atoms with Crippen molar-refractivity contribution < 1.29 is 14.4 Å². The Bertz CT molecular complexity index is 1000. The van der Waals surface area contributed by atoms with Crippen molar-refractivity contribution in [1.82, 2.24) is 10.6 Å². The van der Waals surface area contributed by atoms with Crippen molar-refractivity contribution >= 4 is 34.9 Å². The topological polar surface area (TPSA) is 103 Å². The summed E-state index contributed by atoms with van der Waals surface area (Å²) in [6.07, 6.45) is 3.61. The Labute approximate surface area is 201 Å². The Hall–Kier alpha value is -3.55. The molecule has 1 atom stereocenters. The van der Waals surface area contributed by atoms with E-state index >= 15 is 0 Å². The molecule has 8 heteroatoms. The van der Waals surface area contributed by atoms with E-state index in [1.54, 1.807) is 24.3 Å². The molecule has 8 nitrogen and oxygen atoms in total. The first-order valence-electron chi connectivity index (χ1n) is 12.0. The second-order valence-corrected chi connectivity index (χ2v) is 8.88. The minimum Gasteiger partial charge on any atom is -0.371 e. The lowest BCUT2D eigenvalue weighted by Crippen LogP contribution is -2.43. The van der Waals surface area contributed by atoms with Crippen LogP contribution < -0.4 is 26.2 Å². The lowest BCUT2D eigenvalue weighted by Gasteiger charge is -2.20. The maximum absolute atomic E-state index is 13.0. The average Bonchev–Trinajstić information content (AvgIpc) is 3.33. The second-order valence-electron chi connectivity index (χ2n) is 8.88. The van der Waals surface area contributed by atoms with Gasteiger partial charge in [0.05, 0.1) is 0 Å². The van der Waals surface area contributed by atoms with Crippen LogP contribution >= 0.6 is 0 Å². The zero-order valence-electron chi connectivity index (χ0n) is 20.2. The number of benzene rings is 2. The molecule has 182 valence electrons.